The van der Waals surface area contributed by atoms with Crippen LogP contribution in [0.25, 0.3) is 16.9 Å². The zero-order valence-corrected chi connectivity index (χ0v) is 18.6. The summed E-state index contributed by atoms with van der Waals surface area (Å²) in [7, 11) is 1.59. The van der Waals surface area contributed by atoms with Gasteiger partial charge in [-0.3, -0.25) is 4.98 Å². The van der Waals surface area contributed by atoms with Gasteiger partial charge in [0.05, 0.1) is 16.4 Å². The lowest BCUT2D eigenvalue weighted by molar-refractivity contribution is 0.302. The lowest BCUT2D eigenvalue weighted by atomic mass is 10.0. The van der Waals surface area contributed by atoms with Crippen molar-refractivity contribution in [3.8, 4) is 22.7 Å². The third kappa shape index (κ3) is 3.91. The molecular formula is C24H22ClN5O2. The average Bonchev–Trinajstić information content (AvgIpc) is 3.59. The van der Waals surface area contributed by atoms with Gasteiger partial charge in [-0.15, -0.1) is 0 Å². The van der Waals surface area contributed by atoms with Crippen LogP contribution in [0.1, 0.15) is 35.4 Å². The zero-order valence-electron chi connectivity index (χ0n) is 17.8. The molecule has 1 saturated carbocycles. The second-order valence-electron chi connectivity index (χ2n) is 8.05. The van der Waals surface area contributed by atoms with E-state index in [4.69, 9.17) is 16.3 Å². The van der Waals surface area contributed by atoms with Gasteiger partial charge in [-0.25, -0.2) is 4.79 Å². The summed E-state index contributed by atoms with van der Waals surface area (Å²) in [6, 6.07) is 15.7. The average molecular weight is 448 g/mol. The molecule has 8 heteroatoms. The highest BCUT2D eigenvalue weighted by Gasteiger charge is 2.28. The fraction of sp³-hybridized carbons (Fsp3) is 0.250. The van der Waals surface area contributed by atoms with Crippen molar-refractivity contribution in [3.63, 3.8) is 0 Å². The van der Waals surface area contributed by atoms with Crippen molar-refractivity contribution in [2.45, 2.75) is 32.3 Å². The van der Waals surface area contributed by atoms with Crippen LogP contribution < -0.4 is 10.4 Å². The predicted molar refractivity (Wildman–Crippen MR) is 122 cm³/mol. The lowest BCUT2D eigenvalue weighted by Crippen LogP contribution is -2.23. The van der Waals surface area contributed by atoms with E-state index in [9.17, 15) is 4.79 Å². The molecule has 0 aliphatic heterocycles. The molecule has 1 aliphatic carbocycles. The number of benzene rings is 2. The first-order valence-corrected chi connectivity index (χ1v) is 10.9. The van der Waals surface area contributed by atoms with Crippen molar-refractivity contribution in [2.24, 2.45) is 7.05 Å². The highest BCUT2D eigenvalue weighted by atomic mass is 35.5. The number of aromatic nitrogens is 5. The normalized spacial score (nSPS) is 13.3. The van der Waals surface area contributed by atoms with Crippen LogP contribution in [0.15, 0.2) is 59.5 Å². The number of ether oxygens (including phenoxy) is 1. The van der Waals surface area contributed by atoms with Gasteiger partial charge in [0.2, 0.25) is 0 Å². The molecular weight excluding hydrogens is 426 g/mol. The van der Waals surface area contributed by atoms with Crippen molar-refractivity contribution in [1.29, 1.82) is 0 Å². The first-order chi connectivity index (χ1) is 15.5. The summed E-state index contributed by atoms with van der Waals surface area (Å²) in [6.07, 6.45) is 3.93. The number of pyridine rings is 1. The lowest BCUT2D eigenvalue weighted by Gasteiger charge is -2.16. The fourth-order valence-electron chi connectivity index (χ4n) is 3.86. The second kappa shape index (κ2) is 8.24. The summed E-state index contributed by atoms with van der Waals surface area (Å²) in [5.41, 5.74) is 5.47. The maximum Gasteiger partial charge on any atom is 0.368 e. The molecule has 0 amide bonds. The molecule has 0 spiro atoms. The van der Waals surface area contributed by atoms with E-state index in [1.165, 1.54) is 14.9 Å². The highest BCUT2D eigenvalue weighted by Crippen LogP contribution is 2.43. The van der Waals surface area contributed by atoms with Gasteiger partial charge < -0.3 is 4.74 Å². The van der Waals surface area contributed by atoms with E-state index in [0.717, 1.165) is 41.0 Å². The summed E-state index contributed by atoms with van der Waals surface area (Å²) in [4.78, 5) is 16.9. The highest BCUT2D eigenvalue weighted by molar-refractivity contribution is 6.30. The summed E-state index contributed by atoms with van der Waals surface area (Å²) in [6.45, 7) is 2.35. The zero-order chi connectivity index (χ0) is 22.2. The molecule has 0 N–H and O–H groups in total. The molecule has 0 bridgehead atoms. The standard InChI is InChI=1S/C24H22ClN5O2/c1-15-12-17(21-10-9-18(25)13-26-21)8-11-23(15)32-14-20-19(16-6-7-16)4-3-5-22(20)30-24(31)29(2)27-28-30/h3-5,8-13,16H,6-7,14H2,1-2H3. The number of tetrazole rings is 1. The van der Waals surface area contributed by atoms with E-state index >= 15 is 0 Å². The maximum atomic E-state index is 12.5. The number of rotatable bonds is 6. The quantitative estimate of drug-likeness (QED) is 0.436. The molecule has 2 aromatic carbocycles. The molecule has 1 aliphatic rings. The topological polar surface area (TPSA) is 74.8 Å². The number of nitrogens with zero attached hydrogens (tertiary/aromatic N) is 5. The van der Waals surface area contributed by atoms with Gasteiger partial charge in [0, 0.05) is 24.4 Å². The Labute approximate surface area is 190 Å². The van der Waals surface area contributed by atoms with E-state index in [1.54, 1.807) is 13.2 Å². The minimum absolute atomic E-state index is 0.282. The Morgan fingerprint density at radius 1 is 1.12 bits per heavy atom. The van der Waals surface area contributed by atoms with Crippen molar-refractivity contribution in [3.05, 3.63) is 86.9 Å². The molecule has 2 aromatic heterocycles. The van der Waals surface area contributed by atoms with Gasteiger partial charge in [-0.1, -0.05) is 23.7 Å². The monoisotopic (exact) mass is 447 g/mol. The summed E-state index contributed by atoms with van der Waals surface area (Å²) < 4.78 is 8.81. The predicted octanol–water partition coefficient (Wildman–Crippen LogP) is 4.45. The van der Waals surface area contributed by atoms with Crippen molar-refractivity contribution in [2.75, 3.05) is 0 Å². The number of aryl methyl sites for hydroxylation is 2. The van der Waals surface area contributed by atoms with Gasteiger partial charge in [0.25, 0.3) is 0 Å². The first-order valence-electron chi connectivity index (χ1n) is 10.5. The van der Waals surface area contributed by atoms with E-state index in [0.29, 0.717) is 23.2 Å². The van der Waals surface area contributed by atoms with Crippen LogP contribution in [0.4, 0.5) is 0 Å². The second-order valence-corrected chi connectivity index (χ2v) is 8.48. The van der Waals surface area contributed by atoms with E-state index in [2.05, 4.69) is 21.5 Å². The van der Waals surface area contributed by atoms with Gasteiger partial charge in [-0.05, 0) is 83.6 Å². The van der Waals surface area contributed by atoms with Crippen molar-refractivity contribution >= 4 is 11.6 Å². The van der Waals surface area contributed by atoms with Crippen LogP contribution in [-0.2, 0) is 13.7 Å². The molecule has 0 unspecified atom stereocenters. The van der Waals surface area contributed by atoms with Crippen molar-refractivity contribution in [1.82, 2.24) is 24.8 Å². The van der Waals surface area contributed by atoms with Gasteiger partial charge in [0.1, 0.15) is 12.4 Å². The molecule has 0 saturated heterocycles. The van der Waals surface area contributed by atoms with Gasteiger partial charge in [-0.2, -0.15) is 9.36 Å². The minimum Gasteiger partial charge on any atom is -0.489 e. The SMILES string of the molecule is Cc1cc(-c2ccc(Cl)cn2)ccc1OCc1c(C2CC2)cccc1-n1nnn(C)c1=O. The molecule has 7 nitrogen and oxygen atoms in total. The number of hydrogen-bond acceptors (Lipinski definition) is 5. The Kier molecular flexibility index (Phi) is 5.27. The maximum absolute atomic E-state index is 12.5. The van der Waals surface area contributed by atoms with Crippen LogP contribution in [0.5, 0.6) is 5.75 Å². The molecule has 162 valence electrons. The van der Waals surface area contributed by atoms with E-state index in [1.807, 2.05) is 49.4 Å². The first kappa shape index (κ1) is 20.5. The Hall–Kier alpha value is -3.45. The van der Waals surface area contributed by atoms with Crippen LogP contribution in [0.3, 0.4) is 0 Å². The van der Waals surface area contributed by atoms with Crippen molar-refractivity contribution < 1.29 is 4.74 Å². The summed E-state index contributed by atoms with van der Waals surface area (Å²) >= 11 is 5.95. The van der Waals surface area contributed by atoms with Crippen LogP contribution in [0.2, 0.25) is 5.02 Å². The third-order valence-corrected chi connectivity index (χ3v) is 5.95. The fourth-order valence-corrected chi connectivity index (χ4v) is 3.97. The van der Waals surface area contributed by atoms with Gasteiger partial charge >= 0.3 is 5.69 Å². The van der Waals surface area contributed by atoms with Gasteiger partial charge in [0.15, 0.2) is 0 Å². The Balaban J connectivity index is 1.45. The number of hydrogen-bond donors (Lipinski definition) is 0. The molecule has 0 atom stereocenters. The third-order valence-electron chi connectivity index (χ3n) is 5.72. The van der Waals surface area contributed by atoms with E-state index < -0.39 is 0 Å². The Morgan fingerprint density at radius 3 is 2.62 bits per heavy atom. The van der Waals surface area contributed by atoms with Crippen LogP contribution >= 0.6 is 11.6 Å². The molecule has 4 aromatic rings. The molecule has 2 heterocycles. The molecule has 1 fully saturated rings. The summed E-state index contributed by atoms with van der Waals surface area (Å²) in [5, 5.41) is 8.51. The Morgan fingerprint density at radius 2 is 1.97 bits per heavy atom. The van der Waals surface area contributed by atoms with Crippen LogP contribution in [-0.4, -0.2) is 24.8 Å². The summed E-state index contributed by atoms with van der Waals surface area (Å²) in [5.74, 6) is 1.28. The van der Waals surface area contributed by atoms with Crippen LogP contribution in [0, 0.1) is 6.92 Å². The molecule has 5 rings (SSSR count). The number of halogens is 1. The molecule has 0 radical (unpaired) electrons. The largest absolute Gasteiger partial charge is 0.489 e. The smallest absolute Gasteiger partial charge is 0.368 e. The Bertz CT molecular complexity index is 1340. The van der Waals surface area contributed by atoms with E-state index in [-0.39, 0.29) is 5.69 Å². The molecule has 32 heavy (non-hydrogen) atoms. The minimum atomic E-state index is -0.282.